The molecule has 0 radical (unpaired) electrons. The molecule has 2 atom stereocenters. The number of hydrogen-bond acceptors (Lipinski definition) is 4. The molecule has 1 fully saturated rings. The summed E-state index contributed by atoms with van der Waals surface area (Å²) in [6, 6.07) is 16.1. The average molecular weight is 323 g/mol. The van der Waals surface area contributed by atoms with Gasteiger partial charge >= 0.3 is 5.97 Å². The molecule has 3 rings (SSSR count). The van der Waals surface area contributed by atoms with E-state index in [0.717, 1.165) is 11.1 Å². The number of hydrogen-bond donors (Lipinski definition) is 0. The van der Waals surface area contributed by atoms with Gasteiger partial charge in [0.1, 0.15) is 0 Å². The second kappa shape index (κ2) is 6.28. The Morgan fingerprint density at radius 3 is 2.67 bits per heavy atom. The van der Waals surface area contributed by atoms with Crippen LogP contribution in [0.3, 0.4) is 0 Å². The van der Waals surface area contributed by atoms with Crippen LogP contribution in [0.4, 0.5) is 5.69 Å². The number of methoxy groups -OCH3 is 1. The number of rotatable bonds is 5. The lowest BCUT2D eigenvalue weighted by molar-refractivity contribution is -0.384. The maximum atomic E-state index is 12.3. The Morgan fingerprint density at radius 2 is 2.00 bits per heavy atom. The zero-order valence-electron chi connectivity index (χ0n) is 13.2. The second-order valence-electron chi connectivity index (χ2n) is 5.88. The quantitative estimate of drug-likeness (QED) is 0.474. The maximum Gasteiger partial charge on any atom is 0.316 e. The highest BCUT2D eigenvalue weighted by Gasteiger charge is 2.60. The first-order valence-electron chi connectivity index (χ1n) is 7.64. The number of nitro groups is 1. The molecule has 2 aromatic carbocycles. The van der Waals surface area contributed by atoms with Crippen molar-refractivity contribution in [3.63, 3.8) is 0 Å². The molecule has 24 heavy (non-hydrogen) atoms. The van der Waals surface area contributed by atoms with E-state index in [1.807, 2.05) is 48.6 Å². The van der Waals surface area contributed by atoms with E-state index < -0.39 is 10.3 Å². The molecule has 0 aromatic heterocycles. The molecular formula is C19H17NO4. The van der Waals surface area contributed by atoms with Gasteiger partial charge in [-0.05, 0) is 17.5 Å². The predicted octanol–water partition coefficient (Wildman–Crippen LogP) is 3.95. The average Bonchev–Trinajstić information content (AvgIpc) is 3.36. The van der Waals surface area contributed by atoms with Crippen LogP contribution in [-0.2, 0) is 9.53 Å². The van der Waals surface area contributed by atoms with Crippen molar-refractivity contribution >= 4 is 17.7 Å². The SMILES string of the molecule is COC(=O)[C@@]1(/C=C/c2ccccc2)C[C@@H]1c1cccc([N+](=O)[O-])c1. The number of nitrogens with zero attached hydrogens (tertiary/aromatic N) is 1. The summed E-state index contributed by atoms with van der Waals surface area (Å²) < 4.78 is 4.97. The van der Waals surface area contributed by atoms with Crippen LogP contribution in [0.5, 0.6) is 0 Å². The van der Waals surface area contributed by atoms with E-state index in [-0.39, 0.29) is 17.6 Å². The van der Waals surface area contributed by atoms with Crippen LogP contribution in [-0.4, -0.2) is 18.0 Å². The number of benzene rings is 2. The van der Waals surface area contributed by atoms with Crippen molar-refractivity contribution < 1.29 is 14.5 Å². The fourth-order valence-corrected chi connectivity index (χ4v) is 3.03. The minimum atomic E-state index is -0.750. The van der Waals surface area contributed by atoms with Crippen molar-refractivity contribution in [1.29, 1.82) is 0 Å². The first-order chi connectivity index (χ1) is 11.6. The Kier molecular flexibility index (Phi) is 4.16. The zero-order chi connectivity index (χ0) is 17.2. The van der Waals surface area contributed by atoms with Crippen molar-refractivity contribution in [2.24, 2.45) is 5.41 Å². The first-order valence-corrected chi connectivity index (χ1v) is 7.64. The van der Waals surface area contributed by atoms with Crippen molar-refractivity contribution in [3.05, 3.63) is 81.9 Å². The second-order valence-corrected chi connectivity index (χ2v) is 5.88. The third-order valence-corrected chi connectivity index (χ3v) is 4.43. The number of ether oxygens (including phenoxy) is 1. The molecule has 0 N–H and O–H groups in total. The molecule has 0 saturated heterocycles. The highest BCUT2D eigenvalue weighted by molar-refractivity contribution is 5.86. The first kappa shape index (κ1) is 15.9. The van der Waals surface area contributed by atoms with Crippen LogP contribution in [0.15, 0.2) is 60.7 Å². The molecule has 1 saturated carbocycles. The van der Waals surface area contributed by atoms with Crippen LogP contribution in [0.2, 0.25) is 0 Å². The maximum absolute atomic E-state index is 12.3. The van der Waals surface area contributed by atoms with E-state index >= 15 is 0 Å². The molecule has 122 valence electrons. The molecule has 1 aliphatic carbocycles. The van der Waals surface area contributed by atoms with Gasteiger partial charge in [-0.25, -0.2) is 0 Å². The zero-order valence-corrected chi connectivity index (χ0v) is 13.2. The van der Waals surface area contributed by atoms with Gasteiger partial charge in [-0.1, -0.05) is 54.6 Å². The summed E-state index contributed by atoms with van der Waals surface area (Å²) >= 11 is 0. The summed E-state index contributed by atoms with van der Waals surface area (Å²) in [5, 5.41) is 11.0. The van der Waals surface area contributed by atoms with Crippen LogP contribution in [0.25, 0.3) is 6.08 Å². The standard InChI is InChI=1S/C19H17NO4/c1-24-18(21)19(11-10-14-6-3-2-4-7-14)13-17(19)15-8-5-9-16(12-15)20(22)23/h2-12,17H,13H2,1H3/b11-10+/t17-,19+/m1/s1. The monoisotopic (exact) mass is 323 g/mol. The Morgan fingerprint density at radius 1 is 1.25 bits per heavy atom. The molecule has 0 bridgehead atoms. The van der Waals surface area contributed by atoms with Crippen molar-refractivity contribution in [2.45, 2.75) is 12.3 Å². The summed E-state index contributed by atoms with van der Waals surface area (Å²) in [6.07, 6.45) is 4.34. The van der Waals surface area contributed by atoms with Gasteiger partial charge in [-0.2, -0.15) is 0 Å². The predicted molar refractivity (Wildman–Crippen MR) is 90.4 cm³/mol. The van der Waals surface area contributed by atoms with Crippen molar-refractivity contribution in [1.82, 2.24) is 0 Å². The van der Waals surface area contributed by atoms with Crippen LogP contribution in [0.1, 0.15) is 23.5 Å². The number of non-ortho nitro benzene ring substituents is 1. The molecule has 0 amide bonds. The van der Waals surface area contributed by atoms with E-state index in [1.165, 1.54) is 19.2 Å². The van der Waals surface area contributed by atoms with Crippen molar-refractivity contribution in [3.8, 4) is 0 Å². The molecule has 0 unspecified atom stereocenters. The minimum Gasteiger partial charge on any atom is -0.468 e. The van der Waals surface area contributed by atoms with Gasteiger partial charge in [0.25, 0.3) is 5.69 Å². The van der Waals surface area contributed by atoms with Gasteiger partial charge in [0.05, 0.1) is 17.4 Å². The minimum absolute atomic E-state index is 0.0326. The lowest BCUT2D eigenvalue weighted by atomic mass is 9.97. The number of esters is 1. The Balaban J connectivity index is 1.90. The van der Waals surface area contributed by atoms with Gasteiger partial charge in [-0.15, -0.1) is 0 Å². The number of carbonyl (C=O) groups is 1. The largest absolute Gasteiger partial charge is 0.468 e. The topological polar surface area (TPSA) is 69.4 Å². The number of carbonyl (C=O) groups excluding carboxylic acids is 1. The van der Waals surface area contributed by atoms with E-state index in [2.05, 4.69) is 0 Å². The third kappa shape index (κ3) is 2.93. The smallest absolute Gasteiger partial charge is 0.316 e. The van der Waals surface area contributed by atoms with Gasteiger partial charge in [0.15, 0.2) is 0 Å². The highest BCUT2D eigenvalue weighted by atomic mass is 16.6. The summed E-state index contributed by atoms with van der Waals surface area (Å²) in [5.41, 5.74) is 1.06. The fraction of sp³-hybridized carbons (Fsp3) is 0.211. The Bertz CT molecular complexity index is 800. The van der Waals surface area contributed by atoms with Gasteiger partial charge in [0.2, 0.25) is 0 Å². The third-order valence-electron chi connectivity index (χ3n) is 4.43. The van der Waals surface area contributed by atoms with Gasteiger partial charge in [-0.3, -0.25) is 14.9 Å². The lowest BCUT2D eigenvalue weighted by Crippen LogP contribution is -2.17. The molecule has 5 nitrogen and oxygen atoms in total. The summed E-state index contributed by atoms with van der Waals surface area (Å²) in [7, 11) is 1.36. The molecule has 2 aromatic rings. The summed E-state index contributed by atoms with van der Waals surface area (Å²) in [4.78, 5) is 22.8. The molecular weight excluding hydrogens is 306 g/mol. The molecule has 0 spiro atoms. The molecule has 0 aliphatic heterocycles. The lowest BCUT2D eigenvalue weighted by Gasteiger charge is -2.10. The normalized spacial score (nSPS) is 22.3. The Hall–Kier alpha value is -2.95. The van der Waals surface area contributed by atoms with E-state index in [0.29, 0.717) is 6.42 Å². The van der Waals surface area contributed by atoms with E-state index in [1.54, 1.807) is 6.07 Å². The summed E-state index contributed by atoms with van der Waals surface area (Å²) in [6.45, 7) is 0. The van der Waals surface area contributed by atoms with Crippen LogP contribution >= 0.6 is 0 Å². The van der Waals surface area contributed by atoms with Crippen LogP contribution in [0, 0.1) is 15.5 Å². The highest BCUT2D eigenvalue weighted by Crippen LogP contribution is 2.61. The molecule has 0 heterocycles. The molecule has 1 aliphatic rings. The Labute approximate surface area is 139 Å². The number of nitro benzene ring substituents is 1. The van der Waals surface area contributed by atoms with Gasteiger partial charge in [0, 0.05) is 18.1 Å². The van der Waals surface area contributed by atoms with Crippen molar-refractivity contribution in [2.75, 3.05) is 7.11 Å². The fourth-order valence-electron chi connectivity index (χ4n) is 3.03. The molecule has 5 heteroatoms. The van der Waals surface area contributed by atoms with E-state index in [4.69, 9.17) is 4.74 Å². The van der Waals surface area contributed by atoms with E-state index in [9.17, 15) is 14.9 Å². The van der Waals surface area contributed by atoms with Crippen LogP contribution < -0.4 is 0 Å². The summed E-state index contributed by atoms with van der Waals surface area (Å²) in [5.74, 6) is -0.420. The van der Waals surface area contributed by atoms with Gasteiger partial charge < -0.3 is 4.74 Å².